The average Bonchev–Trinajstić information content (AvgIpc) is 3.20. The zero-order valence-electron chi connectivity index (χ0n) is 16.6. The number of nitrogens with zero attached hydrogens (tertiary/aromatic N) is 5. The van der Waals surface area contributed by atoms with E-state index in [1.54, 1.807) is 0 Å². The topological polar surface area (TPSA) is 52.6 Å². The molecule has 0 saturated carbocycles. The van der Waals surface area contributed by atoms with Gasteiger partial charge < -0.3 is 9.80 Å². The normalized spacial score (nSPS) is 20.8. The summed E-state index contributed by atoms with van der Waals surface area (Å²) in [5, 5.41) is 0. The molecule has 3 heterocycles. The number of amides is 1. The summed E-state index contributed by atoms with van der Waals surface area (Å²) < 4.78 is 0. The molecule has 6 heteroatoms. The molecule has 0 N–H and O–H groups in total. The molecule has 0 radical (unpaired) electrons. The Kier molecular flexibility index (Phi) is 6.46. The summed E-state index contributed by atoms with van der Waals surface area (Å²) in [5.74, 6) is 2.49. The number of hydrogen-bond acceptors (Lipinski definition) is 5. The molecule has 1 atom stereocenters. The fourth-order valence-electron chi connectivity index (χ4n) is 4.08. The largest absolute Gasteiger partial charge is 0.357 e. The second-order valence-electron chi connectivity index (χ2n) is 7.53. The van der Waals surface area contributed by atoms with Gasteiger partial charge in [-0.05, 0) is 45.7 Å². The van der Waals surface area contributed by atoms with Gasteiger partial charge >= 0.3 is 0 Å². The van der Waals surface area contributed by atoms with Crippen molar-refractivity contribution in [3.63, 3.8) is 0 Å². The molecule has 144 valence electrons. The molecule has 1 unspecified atom stereocenters. The number of carbonyl (C=O) groups is 1. The fraction of sp³-hybridized carbons (Fsp3) is 0.750. The van der Waals surface area contributed by atoms with Crippen molar-refractivity contribution < 1.29 is 4.79 Å². The Balaban J connectivity index is 1.70. The average molecular weight is 360 g/mol. The van der Waals surface area contributed by atoms with Crippen LogP contribution in [0, 0.1) is 6.92 Å². The Hall–Kier alpha value is -1.69. The highest BCUT2D eigenvalue weighted by Gasteiger charge is 2.27. The maximum Gasteiger partial charge on any atom is 0.236 e. The number of piperidine rings is 1. The molecule has 1 aromatic rings. The van der Waals surface area contributed by atoms with Gasteiger partial charge in [-0.2, -0.15) is 0 Å². The second-order valence-corrected chi connectivity index (χ2v) is 7.53. The summed E-state index contributed by atoms with van der Waals surface area (Å²) in [7, 11) is 0. The van der Waals surface area contributed by atoms with Crippen LogP contribution in [0.25, 0.3) is 0 Å². The molecule has 2 aliphatic rings. The van der Waals surface area contributed by atoms with Gasteiger partial charge in [0.25, 0.3) is 0 Å². The monoisotopic (exact) mass is 359 g/mol. The minimum absolute atomic E-state index is 0.254. The first-order chi connectivity index (χ1) is 12.6. The molecule has 6 nitrogen and oxygen atoms in total. The first kappa shape index (κ1) is 19.1. The van der Waals surface area contributed by atoms with E-state index in [0.29, 0.717) is 12.5 Å². The van der Waals surface area contributed by atoms with Crippen LogP contribution in [0.5, 0.6) is 0 Å². The van der Waals surface area contributed by atoms with Crippen LogP contribution in [0.15, 0.2) is 6.07 Å². The first-order valence-electron chi connectivity index (χ1n) is 10.2. The molecule has 26 heavy (non-hydrogen) atoms. The smallest absolute Gasteiger partial charge is 0.236 e. The molecule has 0 bridgehead atoms. The van der Waals surface area contributed by atoms with Crippen LogP contribution < -0.4 is 4.90 Å². The minimum Gasteiger partial charge on any atom is -0.357 e. The number of rotatable bonds is 6. The van der Waals surface area contributed by atoms with Crippen molar-refractivity contribution in [2.75, 3.05) is 50.7 Å². The quantitative estimate of drug-likeness (QED) is 0.781. The number of likely N-dealkylation sites (tertiary alicyclic amines) is 1. The molecule has 2 saturated heterocycles. The third-order valence-corrected chi connectivity index (χ3v) is 5.72. The van der Waals surface area contributed by atoms with E-state index in [9.17, 15) is 4.79 Å². The summed E-state index contributed by atoms with van der Waals surface area (Å²) >= 11 is 0. The third kappa shape index (κ3) is 4.53. The maximum atomic E-state index is 12.7. The molecule has 0 spiro atoms. The molecule has 1 aromatic heterocycles. The fourth-order valence-corrected chi connectivity index (χ4v) is 4.08. The summed E-state index contributed by atoms with van der Waals surface area (Å²) in [6, 6.07) is 2.17. The van der Waals surface area contributed by atoms with Crippen molar-refractivity contribution in [2.45, 2.75) is 52.4 Å². The molecule has 0 aliphatic carbocycles. The van der Waals surface area contributed by atoms with Crippen LogP contribution in [-0.2, 0) is 4.79 Å². The second kappa shape index (κ2) is 8.80. The Morgan fingerprint density at radius 2 is 1.88 bits per heavy atom. The summed E-state index contributed by atoms with van der Waals surface area (Å²) in [6.45, 7) is 12.4. The number of aryl methyl sites for hydroxylation is 1. The van der Waals surface area contributed by atoms with E-state index in [4.69, 9.17) is 4.98 Å². The van der Waals surface area contributed by atoms with E-state index in [1.165, 1.54) is 12.8 Å². The van der Waals surface area contributed by atoms with Gasteiger partial charge in [0, 0.05) is 38.2 Å². The van der Waals surface area contributed by atoms with Gasteiger partial charge in [-0.15, -0.1) is 0 Å². The van der Waals surface area contributed by atoms with E-state index in [1.807, 2.05) is 11.8 Å². The van der Waals surface area contributed by atoms with Gasteiger partial charge in [0.05, 0.1) is 12.2 Å². The van der Waals surface area contributed by atoms with Gasteiger partial charge in [-0.3, -0.25) is 9.69 Å². The lowest BCUT2D eigenvalue weighted by atomic mass is 9.94. The zero-order chi connectivity index (χ0) is 18.5. The van der Waals surface area contributed by atoms with E-state index in [0.717, 1.165) is 69.4 Å². The van der Waals surface area contributed by atoms with E-state index >= 15 is 0 Å². The number of anilines is 1. The number of hydrogen-bond donors (Lipinski definition) is 0. The predicted molar refractivity (Wildman–Crippen MR) is 105 cm³/mol. The SMILES string of the molecule is CCN(CC)CC(=O)N1CCCC(c2cc(N3CCCC3)nc(C)n2)C1. The number of aromatic nitrogens is 2. The van der Waals surface area contributed by atoms with Gasteiger partial charge in [0.15, 0.2) is 0 Å². The van der Waals surface area contributed by atoms with Crippen LogP contribution in [0.4, 0.5) is 5.82 Å². The molecule has 3 rings (SSSR count). The number of carbonyl (C=O) groups excluding carboxylic acids is 1. The van der Waals surface area contributed by atoms with E-state index < -0.39 is 0 Å². The summed E-state index contributed by atoms with van der Waals surface area (Å²) in [6.07, 6.45) is 4.65. The van der Waals surface area contributed by atoms with Crippen molar-refractivity contribution in [2.24, 2.45) is 0 Å². The standard InChI is InChI=1S/C20H33N5O/c1-4-23(5-2)15-20(26)25-12-8-9-17(14-25)18-13-19(22-16(3)21-18)24-10-6-7-11-24/h13,17H,4-12,14-15H2,1-3H3. The van der Waals surface area contributed by atoms with Gasteiger partial charge in [0.1, 0.15) is 11.6 Å². The Bertz CT molecular complexity index is 610. The lowest BCUT2D eigenvalue weighted by molar-refractivity contribution is -0.133. The third-order valence-electron chi connectivity index (χ3n) is 5.72. The Labute approximate surface area is 157 Å². The lowest BCUT2D eigenvalue weighted by Gasteiger charge is -2.34. The van der Waals surface area contributed by atoms with Crippen molar-refractivity contribution in [3.05, 3.63) is 17.6 Å². The molecular weight excluding hydrogens is 326 g/mol. The number of likely N-dealkylation sites (N-methyl/N-ethyl adjacent to an activating group) is 1. The van der Waals surface area contributed by atoms with Crippen molar-refractivity contribution in [1.82, 2.24) is 19.8 Å². The maximum absolute atomic E-state index is 12.7. The summed E-state index contributed by atoms with van der Waals surface area (Å²) in [5.41, 5.74) is 1.11. The molecular formula is C20H33N5O. The van der Waals surface area contributed by atoms with Gasteiger partial charge in [-0.1, -0.05) is 13.8 Å². The van der Waals surface area contributed by atoms with Crippen LogP contribution in [-0.4, -0.2) is 71.5 Å². The predicted octanol–water partition coefficient (Wildman–Crippen LogP) is 2.43. The highest BCUT2D eigenvalue weighted by molar-refractivity contribution is 5.78. The first-order valence-corrected chi connectivity index (χ1v) is 10.2. The van der Waals surface area contributed by atoms with Crippen LogP contribution in [0.1, 0.15) is 57.0 Å². The lowest BCUT2D eigenvalue weighted by Crippen LogP contribution is -2.44. The highest BCUT2D eigenvalue weighted by Crippen LogP contribution is 2.28. The van der Waals surface area contributed by atoms with E-state index in [2.05, 4.69) is 34.7 Å². The van der Waals surface area contributed by atoms with Crippen molar-refractivity contribution in [1.29, 1.82) is 0 Å². The Morgan fingerprint density at radius 3 is 2.58 bits per heavy atom. The minimum atomic E-state index is 0.254. The zero-order valence-corrected chi connectivity index (χ0v) is 16.6. The van der Waals surface area contributed by atoms with Crippen LogP contribution in [0.3, 0.4) is 0 Å². The summed E-state index contributed by atoms with van der Waals surface area (Å²) in [4.78, 5) is 28.7. The molecule has 2 fully saturated rings. The van der Waals surface area contributed by atoms with E-state index in [-0.39, 0.29) is 5.91 Å². The molecule has 2 aliphatic heterocycles. The molecule has 0 aromatic carbocycles. The van der Waals surface area contributed by atoms with Crippen molar-refractivity contribution >= 4 is 11.7 Å². The van der Waals surface area contributed by atoms with Crippen LogP contribution in [0.2, 0.25) is 0 Å². The van der Waals surface area contributed by atoms with Gasteiger partial charge in [0.2, 0.25) is 5.91 Å². The van der Waals surface area contributed by atoms with Crippen LogP contribution >= 0.6 is 0 Å². The van der Waals surface area contributed by atoms with Crippen molar-refractivity contribution in [3.8, 4) is 0 Å². The highest BCUT2D eigenvalue weighted by atomic mass is 16.2. The van der Waals surface area contributed by atoms with Gasteiger partial charge in [-0.25, -0.2) is 9.97 Å². The Morgan fingerprint density at radius 1 is 1.15 bits per heavy atom. The molecule has 1 amide bonds.